The molecule has 0 radical (unpaired) electrons. The molecule has 2 unspecified atom stereocenters. The molecule has 0 amide bonds. The first-order chi connectivity index (χ1) is 9.56. The second-order valence-electron chi connectivity index (χ2n) is 5.24. The van der Waals surface area contributed by atoms with E-state index >= 15 is 0 Å². The van der Waals surface area contributed by atoms with Crippen LogP contribution in [-0.4, -0.2) is 24.0 Å². The molecular weight excluding hydrogens is 275 g/mol. The molecule has 0 heterocycles. The van der Waals surface area contributed by atoms with Gasteiger partial charge in [0.1, 0.15) is 5.82 Å². The van der Waals surface area contributed by atoms with E-state index in [-0.39, 0.29) is 11.9 Å². The third-order valence-corrected chi connectivity index (χ3v) is 4.21. The quantitative estimate of drug-likeness (QED) is 0.772. The van der Waals surface area contributed by atoms with Gasteiger partial charge >= 0.3 is 0 Å². The van der Waals surface area contributed by atoms with Crippen molar-refractivity contribution in [2.45, 2.75) is 52.1 Å². The highest BCUT2D eigenvalue weighted by atomic mass is 35.5. The molecule has 0 fully saturated rings. The highest BCUT2D eigenvalue weighted by Gasteiger charge is 2.26. The molecule has 2 nitrogen and oxygen atoms in total. The zero-order valence-corrected chi connectivity index (χ0v) is 13.5. The summed E-state index contributed by atoms with van der Waals surface area (Å²) in [7, 11) is 0. The third kappa shape index (κ3) is 4.18. The summed E-state index contributed by atoms with van der Waals surface area (Å²) in [5.41, 5.74) is 6.48. The Kier molecular flexibility index (Phi) is 7.49. The summed E-state index contributed by atoms with van der Waals surface area (Å²) in [4.78, 5) is 2.29. The first kappa shape index (κ1) is 17.4. The molecule has 0 aromatic heterocycles. The minimum absolute atomic E-state index is 0.162. The van der Waals surface area contributed by atoms with E-state index < -0.39 is 0 Å². The van der Waals surface area contributed by atoms with Crippen LogP contribution < -0.4 is 5.73 Å². The highest BCUT2D eigenvalue weighted by Crippen LogP contribution is 2.31. The number of benzene rings is 1. The van der Waals surface area contributed by atoms with Gasteiger partial charge in [-0.1, -0.05) is 37.9 Å². The molecule has 114 valence electrons. The number of unbranched alkanes of at least 4 members (excludes halogenated alkanes) is 1. The molecule has 0 bridgehead atoms. The van der Waals surface area contributed by atoms with Gasteiger partial charge in [0.2, 0.25) is 0 Å². The standard InChI is InChI=1S/C16H26ClFN2/c1-4-6-10-20(12(3)5-2)15(11-19)16-13(17)8-7-9-14(16)18/h7-9,12,15H,4-6,10-11,19H2,1-3H3. The monoisotopic (exact) mass is 300 g/mol. The Morgan fingerprint density at radius 1 is 1.35 bits per heavy atom. The van der Waals surface area contributed by atoms with Crippen molar-refractivity contribution in [3.63, 3.8) is 0 Å². The number of halogens is 2. The summed E-state index contributed by atoms with van der Waals surface area (Å²) in [6, 6.07) is 5.01. The highest BCUT2D eigenvalue weighted by molar-refractivity contribution is 6.31. The molecule has 1 rings (SSSR count). The second kappa shape index (κ2) is 8.60. The molecular formula is C16H26ClFN2. The largest absolute Gasteiger partial charge is 0.329 e. The van der Waals surface area contributed by atoms with E-state index in [0.29, 0.717) is 23.2 Å². The molecule has 2 atom stereocenters. The van der Waals surface area contributed by atoms with Gasteiger partial charge in [0.25, 0.3) is 0 Å². The molecule has 4 heteroatoms. The summed E-state index contributed by atoms with van der Waals surface area (Å²) in [5.74, 6) is -0.266. The molecule has 0 spiro atoms. The lowest BCUT2D eigenvalue weighted by atomic mass is 10.0. The van der Waals surface area contributed by atoms with Crippen LogP contribution in [0.25, 0.3) is 0 Å². The lowest BCUT2D eigenvalue weighted by molar-refractivity contribution is 0.138. The fourth-order valence-corrected chi connectivity index (χ4v) is 2.80. The Balaban J connectivity index is 3.11. The SMILES string of the molecule is CCCCN(C(C)CC)C(CN)c1c(F)cccc1Cl. The Morgan fingerprint density at radius 2 is 2.05 bits per heavy atom. The van der Waals surface area contributed by atoms with Crippen molar-refractivity contribution in [2.75, 3.05) is 13.1 Å². The zero-order valence-electron chi connectivity index (χ0n) is 12.7. The Hall–Kier alpha value is -0.640. The maximum atomic E-state index is 14.2. The second-order valence-corrected chi connectivity index (χ2v) is 5.64. The summed E-state index contributed by atoms with van der Waals surface area (Å²) in [6.45, 7) is 7.74. The smallest absolute Gasteiger partial charge is 0.129 e. The van der Waals surface area contributed by atoms with Gasteiger partial charge < -0.3 is 5.73 Å². The van der Waals surface area contributed by atoms with Gasteiger partial charge in [-0.3, -0.25) is 4.90 Å². The molecule has 1 aromatic carbocycles. The van der Waals surface area contributed by atoms with E-state index in [4.69, 9.17) is 17.3 Å². The number of nitrogens with zero attached hydrogens (tertiary/aromatic N) is 1. The number of rotatable bonds is 8. The van der Waals surface area contributed by atoms with Crippen molar-refractivity contribution >= 4 is 11.6 Å². The van der Waals surface area contributed by atoms with Crippen LogP contribution in [0.5, 0.6) is 0 Å². The molecule has 2 N–H and O–H groups in total. The van der Waals surface area contributed by atoms with E-state index in [1.807, 2.05) is 0 Å². The van der Waals surface area contributed by atoms with Crippen LogP contribution in [0.3, 0.4) is 0 Å². The van der Waals surface area contributed by atoms with Crippen LogP contribution in [0.15, 0.2) is 18.2 Å². The molecule has 0 saturated carbocycles. The van der Waals surface area contributed by atoms with Crippen LogP contribution in [0.4, 0.5) is 4.39 Å². The van der Waals surface area contributed by atoms with E-state index in [1.165, 1.54) is 6.07 Å². The first-order valence-electron chi connectivity index (χ1n) is 7.46. The lowest BCUT2D eigenvalue weighted by Crippen LogP contribution is -2.41. The topological polar surface area (TPSA) is 29.3 Å². The van der Waals surface area contributed by atoms with Crippen molar-refractivity contribution < 1.29 is 4.39 Å². The average Bonchev–Trinajstić information content (AvgIpc) is 2.44. The van der Waals surface area contributed by atoms with Gasteiger partial charge in [-0.15, -0.1) is 0 Å². The summed E-state index contributed by atoms with van der Waals surface area (Å²) < 4.78 is 14.2. The number of nitrogens with two attached hydrogens (primary N) is 1. The van der Waals surface area contributed by atoms with E-state index in [2.05, 4.69) is 25.7 Å². The third-order valence-electron chi connectivity index (χ3n) is 3.88. The number of hydrogen-bond donors (Lipinski definition) is 1. The van der Waals surface area contributed by atoms with Crippen molar-refractivity contribution in [1.82, 2.24) is 4.90 Å². The molecule has 20 heavy (non-hydrogen) atoms. The Bertz CT molecular complexity index is 391. The summed E-state index contributed by atoms with van der Waals surface area (Å²) >= 11 is 6.21. The number of hydrogen-bond acceptors (Lipinski definition) is 2. The predicted molar refractivity (Wildman–Crippen MR) is 84.6 cm³/mol. The minimum Gasteiger partial charge on any atom is -0.329 e. The van der Waals surface area contributed by atoms with Gasteiger partial charge in [0.15, 0.2) is 0 Å². The van der Waals surface area contributed by atoms with Gasteiger partial charge in [-0.05, 0) is 38.4 Å². The normalized spacial score (nSPS) is 14.6. The molecule has 0 aliphatic heterocycles. The van der Waals surface area contributed by atoms with Crippen molar-refractivity contribution in [3.8, 4) is 0 Å². The van der Waals surface area contributed by atoms with Crippen LogP contribution in [0.2, 0.25) is 5.02 Å². The Morgan fingerprint density at radius 3 is 2.55 bits per heavy atom. The van der Waals surface area contributed by atoms with Gasteiger partial charge in [0, 0.05) is 23.2 Å². The first-order valence-corrected chi connectivity index (χ1v) is 7.84. The van der Waals surface area contributed by atoms with Crippen molar-refractivity contribution in [1.29, 1.82) is 0 Å². The van der Waals surface area contributed by atoms with Crippen LogP contribution >= 0.6 is 11.6 Å². The van der Waals surface area contributed by atoms with E-state index in [9.17, 15) is 4.39 Å². The summed E-state index contributed by atoms with van der Waals surface area (Å²) in [6.07, 6.45) is 3.19. The molecule has 0 saturated heterocycles. The minimum atomic E-state index is -0.266. The average molecular weight is 301 g/mol. The van der Waals surface area contributed by atoms with E-state index in [0.717, 1.165) is 25.8 Å². The lowest BCUT2D eigenvalue weighted by Gasteiger charge is -2.36. The summed E-state index contributed by atoms with van der Waals surface area (Å²) in [5, 5.41) is 0.463. The Labute approximate surface area is 127 Å². The van der Waals surface area contributed by atoms with Gasteiger partial charge in [0.05, 0.1) is 6.04 Å². The van der Waals surface area contributed by atoms with Crippen molar-refractivity contribution in [2.24, 2.45) is 5.73 Å². The van der Waals surface area contributed by atoms with Gasteiger partial charge in [-0.2, -0.15) is 0 Å². The predicted octanol–water partition coefficient (Wildman–Crippen LogP) is 4.38. The van der Waals surface area contributed by atoms with Crippen molar-refractivity contribution in [3.05, 3.63) is 34.6 Å². The van der Waals surface area contributed by atoms with Crippen LogP contribution in [-0.2, 0) is 0 Å². The maximum Gasteiger partial charge on any atom is 0.129 e. The fourth-order valence-electron chi connectivity index (χ4n) is 2.51. The van der Waals surface area contributed by atoms with Crippen LogP contribution in [0, 0.1) is 5.82 Å². The maximum absolute atomic E-state index is 14.2. The molecule has 1 aromatic rings. The fraction of sp³-hybridized carbons (Fsp3) is 0.625. The van der Waals surface area contributed by atoms with Crippen LogP contribution in [0.1, 0.15) is 51.6 Å². The van der Waals surface area contributed by atoms with Gasteiger partial charge in [-0.25, -0.2) is 4.39 Å². The molecule has 0 aliphatic rings. The molecule has 0 aliphatic carbocycles. The zero-order chi connectivity index (χ0) is 15.1. The van der Waals surface area contributed by atoms with E-state index in [1.54, 1.807) is 12.1 Å².